The number of para-hydroxylation sites is 1. The van der Waals surface area contributed by atoms with E-state index in [0.717, 1.165) is 23.2 Å². The van der Waals surface area contributed by atoms with E-state index in [1.165, 1.54) is 0 Å². The lowest BCUT2D eigenvalue weighted by atomic mass is 10.0. The van der Waals surface area contributed by atoms with Crippen molar-refractivity contribution in [2.24, 2.45) is 0 Å². The number of fused-ring (bicyclic) bond motifs is 1. The second kappa shape index (κ2) is 9.03. The highest BCUT2D eigenvalue weighted by molar-refractivity contribution is 5.97. The van der Waals surface area contributed by atoms with Gasteiger partial charge in [0.25, 0.3) is 0 Å². The van der Waals surface area contributed by atoms with Crippen LogP contribution < -0.4 is 15.0 Å². The Balaban J connectivity index is 1.51. The Kier molecular flexibility index (Phi) is 6.26. The van der Waals surface area contributed by atoms with Crippen LogP contribution in [0.1, 0.15) is 24.0 Å². The summed E-state index contributed by atoms with van der Waals surface area (Å²) in [7, 11) is 0. The lowest BCUT2D eigenvalue weighted by Crippen LogP contribution is -2.38. The van der Waals surface area contributed by atoms with Crippen LogP contribution in [0.2, 0.25) is 0 Å². The van der Waals surface area contributed by atoms with E-state index in [0.29, 0.717) is 25.3 Å². The molecule has 0 aliphatic carbocycles. The summed E-state index contributed by atoms with van der Waals surface area (Å²) in [6.45, 7) is 0.220. The normalized spacial score (nSPS) is 13.0. The third-order valence-corrected chi connectivity index (χ3v) is 4.50. The number of aryl methyl sites for hydroxylation is 1. The summed E-state index contributed by atoms with van der Waals surface area (Å²) in [6.07, 6.45) is 1.40. The van der Waals surface area contributed by atoms with Crippen LogP contribution in [0.25, 0.3) is 0 Å². The molecule has 7 heteroatoms. The van der Waals surface area contributed by atoms with Gasteiger partial charge in [0.1, 0.15) is 5.75 Å². The van der Waals surface area contributed by atoms with Crippen molar-refractivity contribution in [3.63, 3.8) is 0 Å². The monoisotopic (exact) mass is 382 g/mol. The van der Waals surface area contributed by atoms with Crippen molar-refractivity contribution >= 4 is 23.5 Å². The molecule has 2 aromatic carbocycles. The van der Waals surface area contributed by atoms with Crippen LogP contribution >= 0.6 is 0 Å². The van der Waals surface area contributed by atoms with Crippen LogP contribution in [-0.2, 0) is 27.3 Å². The van der Waals surface area contributed by atoms with Crippen LogP contribution in [0.5, 0.6) is 5.75 Å². The number of amides is 2. The molecule has 2 amide bonds. The Labute approximate surface area is 162 Å². The maximum absolute atomic E-state index is 12.2. The fourth-order valence-corrected chi connectivity index (χ4v) is 3.13. The number of nitrogens with one attached hydrogen (secondary N) is 1. The molecule has 0 fully saturated rings. The Bertz CT molecular complexity index is 881. The van der Waals surface area contributed by atoms with Gasteiger partial charge >= 0.3 is 5.97 Å². The standard InChI is InChI=1S/C21H22N2O5/c24-19(22-13-15-4-3-6-17(12-15)28-14-21(26)27)10-11-23-18-7-2-1-5-16(18)8-9-20(23)25/h1-7,12H,8-11,13-14H2,(H,22,24)(H,26,27). The molecule has 0 spiro atoms. The van der Waals surface area contributed by atoms with Crippen molar-refractivity contribution in [1.82, 2.24) is 5.32 Å². The van der Waals surface area contributed by atoms with Gasteiger partial charge in [-0.15, -0.1) is 0 Å². The van der Waals surface area contributed by atoms with Crippen molar-refractivity contribution in [2.45, 2.75) is 25.8 Å². The van der Waals surface area contributed by atoms with Gasteiger partial charge in [0.2, 0.25) is 11.8 Å². The molecule has 2 aromatic rings. The second-order valence-corrected chi connectivity index (χ2v) is 6.53. The molecule has 7 nitrogen and oxygen atoms in total. The quantitative estimate of drug-likeness (QED) is 0.729. The highest BCUT2D eigenvalue weighted by atomic mass is 16.5. The fourth-order valence-electron chi connectivity index (χ4n) is 3.13. The van der Waals surface area contributed by atoms with Crippen LogP contribution in [0.3, 0.4) is 0 Å². The number of hydrogen-bond acceptors (Lipinski definition) is 4. The number of anilines is 1. The molecule has 0 saturated heterocycles. The van der Waals surface area contributed by atoms with Crippen LogP contribution in [0, 0.1) is 0 Å². The van der Waals surface area contributed by atoms with E-state index in [2.05, 4.69) is 5.32 Å². The summed E-state index contributed by atoms with van der Waals surface area (Å²) in [5, 5.41) is 11.5. The molecule has 2 N–H and O–H groups in total. The molecule has 0 atom stereocenters. The van der Waals surface area contributed by atoms with Gasteiger partial charge in [0, 0.05) is 31.6 Å². The van der Waals surface area contributed by atoms with Crippen molar-refractivity contribution in [3.8, 4) is 5.75 Å². The molecule has 28 heavy (non-hydrogen) atoms. The highest BCUT2D eigenvalue weighted by Crippen LogP contribution is 2.27. The topological polar surface area (TPSA) is 95.9 Å². The average Bonchev–Trinajstić information content (AvgIpc) is 2.70. The van der Waals surface area contributed by atoms with Crippen LogP contribution in [0.15, 0.2) is 48.5 Å². The number of rotatable bonds is 8. The number of carbonyl (C=O) groups is 3. The predicted molar refractivity (Wildman–Crippen MR) is 103 cm³/mol. The van der Waals surface area contributed by atoms with E-state index in [1.54, 1.807) is 23.1 Å². The number of benzene rings is 2. The molecule has 0 unspecified atom stereocenters. The van der Waals surface area contributed by atoms with E-state index in [-0.39, 0.29) is 18.2 Å². The third kappa shape index (κ3) is 5.09. The lowest BCUT2D eigenvalue weighted by Gasteiger charge is -2.29. The number of carbonyl (C=O) groups excluding carboxylic acids is 2. The summed E-state index contributed by atoms with van der Waals surface area (Å²) < 4.78 is 5.13. The molecular formula is C21H22N2O5. The molecule has 1 aliphatic rings. The zero-order chi connectivity index (χ0) is 19.9. The highest BCUT2D eigenvalue weighted by Gasteiger charge is 2.23. The minimum absolute atomic E-state index is 0.0368. The molecule has 1 aliphatic heterocycles. The number of nitrogens with zero attached hydrogens (tertiary/aromatic N) is 1. The van der Waals surface area contributed by atoms with Gasteiger partial charge in [-0.25, -0.2) is 4.79 Å². The molecular weight excluding hydrogens is 360 g/mol. The number of ether oxygens (including phenoxy) is 1. The summed E-state index contributed by atoms with van der Waals surface area (Å²) in [4.78, 5) is 36.7. The van der Waals surface area contributed by atoms with Crippen LogP contribution in [-0.4, -0.2) is 36.0 Å². The Morgan fingerprint density at radius 3 is 2.75 bits per heavy atom. The van der Waals surface area contributed by atoms with Gasteiger partial charge in [-0.3, -0.25) is 9.59 Å². The zero-order valence-corrected chi connectivity index (χ0v) is 15.4. The van der Waals surface area contributed by atoms with Gasteiger partial charge in [-0.2, -0.15) is 0 Å². The second-order valence-electron chi connectivity index (χ2n) is 6.53. The lowest BCUT2D eigenvalue weighted by molar-refractivity contribution is -0.139. The van der Waals surface area contributed by atoms with Gasteiger partial charge < -0.3 is 20.1 Å². The Hall–Kier alpha value is -3.35. The first-order valence-corrected chi connectivity index (χ1v) is 9.11. The first kappa shape index (κ1) is 19.4. The molecule has 0 radical (unpaired) electrons. The number of hydrogen-bond donors (Lipinski definition) is 2. The molecule has 0 saturated carbocycles. The van der Waals surface area contributed by atoms with E-state index in [9.17, 15) is 14.4 Å². The van der Waals surface area contributed by atoms with Gasteiger partial charge in [0.05, 0.1) is 0 Å². The molecule has 0 bridgehead atoms. The molecule has 1 heterocycles. The van der Waals surface area contributed by atoms with Gasteiger partial charge in [0.15, 0.2) is 6.61 Å². The van der Waals surface area contributed by atoms with E-state index in [1.807, 2.05) is 30.3 Å². The van der Waals surface area contributed by atoms with Crippen molar-refractivity contribution < 1.29 is 24.2 Å². The minimum Gasteiger partial charge on any atom is -0.482 e. The maximum Gasteiger partial charge on any atom is 0.341 e. The first-order chi connectivity index (χ1) is 13.5. The summed E-state index contributed by atoms with van der Waals surface area (Å²) in [6, 6.07) is 14.7. The summed E-state index contributed by atoms with van der Waals surface area (Å²) >= 11 is 0. The van der Waals surface area contributed by atoms with Crippen molar-refractivity contribution in [3.05, 3.63) is 59.7 Å². The Morgan fingerprint density at radius 2 is 1.93 bits per heavy atom. The molecule has 3 rings (SSSR count). The number of carboxylic acids is 1. The number of carboxylic acid groups (broad SMARTS) is 1. The summed E-state index contributed by atoms with van der Waals surface area (Å²) in [5.74, 6) is -0.736. The Morgan fingerprint density at radius 1 is 1.11 bits per heavy atom. The van der Waals surface area contributed by atoms with E-state index < -0.39 is 12.6 Å². The van der Waals surface area contributed by atoms with Crippen molar-refractivity contribution in [2.75, 3.05) is 18.1 Å². The first-order valence-electron chi connectivity index (χ1n) is 9.11. The summed E-state index contributed by atoms with van der Waals surface area (Å²) in [5.41, 5.74) is 2.81. The minimum atomic E-state index is -1.05. The van der Waals surface area contributed by atoms with Crippen molar-refractivity contribution in [1.29, 1.82) is 0 Å². The van der Waals surface area contributed by atoms with E-state index in [4.69, 9.17) is 9.84 Å². The third-order valence-electron chi connectivity index (χ3n) is 4.50. The van der Waals surface area contributed by atoms with Crippen LogP contribution in [0.4, 0.5) is 5.69 Å². The SMILES string of the molecule is O=C(O)COc1cccc(CNC(=O)CCN2C(=O)CCc3ccccc32)c1. The molecule has 146 valence electrons. The average molecular weight is 382 g/mol. The maximum atomic E-state index is 12.2. The van der Waals surface area contributed by atoms with Gasteiger partial charge in [-0.1, -0.05) is 30.3 Å². The van der Waals surface area contributed by atoms with Gasteiger partial charge in [-0.05, 0) is 35.7 Å². The smallest absolute Gasteiger partial charge is 0.341 e. The van der Waals surface area contributed by atoms with E-state index >= 15 is 0 Å². The zero-order valence-electron chi connectivity index (χ0n) is 15.4. The molecule has 0 aromatic heterocycles. The number of aliphatic carboxylic acids is 1. The largest absolute Gasteiger partial charge is 0.482 e. The predicted octanol–water partition coefficient (Wildman–Crippen LogP) is 2.14. The fraction of sp³-hybridized carbons (Fsp3) is 0.286.